The summed E-state index contributed by atoms with van der Waals surface area (Å²) in [4.78, 5) is 13.6. The fraction of sp³-hybridized carbons (Fsp3) is 0.633. The zero-order chi connectivity index (χ0) is 30.2. The van der Waals surface area contributed by atoms with Crippen LogP contribution < -0.4 is 10.0 Å². The van der Waals surface area contributed by atoms with Crippen molar-refractivity contribution in [2.75, 3.05) is 18.1 Å². The maximum absolute atomic E-state index is 13.5. The summed E-state index contributed by atoms with van der Waals surface area (Å²) < 4.78 is 42.8. The van der Waals surface area contributed by atoms with Crippen LogP contribution in [0.5, 0.6) is 0 Å². The van der Waals surface area contributed by atoms with Gasteiger partial charge in [-0.25, -0.2) is 13.1 Å². The van der Waals surface area contributed by atoms with Gasteiger partial charge in [0.05, 0.1) is 26.8 Å². The minimum Gasteiger partial charge on any atom is -0.388 e. The number of hydrogen-bond acceptors (Lipinski definition) is 5. The molecule has 1 aliphatic heterocycles. The summed E-state index contributed by atoms with van der Waals surface area (Å²) in [5.41, 5.74) is 1.49. The molecule has 1 aromatic heterocycles. The number of hydrogen-bond donors (Lipinski definition) is 3. The van der Waals surface area contributed by atoms with Crippen LogP contribution in [0.4, 0.5) is 0 Å². The molecular weight excluding hydrogens is 582 g/mol. The molecule has 11 heteroatoms. The van der Waals surface area contributed by atoms with Gasteiger partial charge in [-0.1, -0.05) is 36.9 Å². The van der Waals surface area contributed by atoms with E-state index in [4.69, 9.17) is 11.6 Å². The number of halogens is 1. The fourth-order valence-electron chi connectivity index (χ4n) is 5.93. The molecule has 1 saturated carbocycles. The first kappa shape index (κ1) is 32.2. The van der Waals surface area contributed by atoms with E-state index in [-0.39, 0.29) is 17.3 Å². The van der Waals surface area contributed by atoms with Crippen LogP contribution in [0.1, 0.15) is 87.3 Å². The Morgan fingerprint density at radius 2 is 1.78 bits per heavy atom. The molecule has 8 nitrogen and oxygen atoms in total. The first-order valence-corrected chi connectivity index (χ1v) is 17.8. The minimum atomic E-state index is -3.79. The van der Waals surface area contributed by atoms with E-state index in [2.05, 4.69) is 14.6 Å². The largest absolute Gasteiger partial charge is 0.388 e. The van der Waals surface area contributed by atoms with Crippen molar-refractivity contribution in [1.82, 2.24) is 14.6 Å². The molecule has 2 aliphatic rings. The summed E-state index contributed by atoms with van der Waals surface area (Å²) in [7, 11) is -4.71. The highest BCUT2D eigenvalue weighted by Gasteiger charge is 2.33. The molecule has 0 atom stereocenters. The van der Waals surface area contributed by atoms with Crippen LogP contribution in [0.15, 0.2) is 23.1 Å². The molecule has 41 heavy (non-hydrogen) atoms. The minimum absolute atomic E-state index is 0.0960. The van der Waals surface area contributed by atoms with Crippen LogP contribution in [-0.2, 0) is 27.4 Å². The molecular formula is C30H44ClN3O5S2. The summed E-state index contributed by atoms with van der Waals surface area (Å²) in [5, 5.41) is 14.2. The van der Waals surface area contributed by atoms with Gasteiger partial charge in [0, 0.05) is 52.2 Å². The maximum atomic E-state index is 13.5. The van der Waals surface area contributed by atoms with Crippen molar-refractivity contribution in [2.45, 2.75) is 102 Å². The number of benzene rings is 1. The van der Waals surface area contributed by atoms with E-state index < -0.39 is 32.0 Å². The molecule has 1 aliphatic carbocycles. The van der Waals surface area contributed by atoms with Gasteiger partial charge in [0.1, 0.15) is 0 Å². The first-order chi connectivity index (χ1) is 19.1. The average Bonchev–Trinajstić information content (AvgIpc) is 3.21. The first-order valence-electron chi connectivity index (χ1n) is 14.5. The van der Waals surface area contributed by atoms with Gasteiger partial charge in [0.25, 0.3) is 5.91 Å². The molecule has 0 bridgehead atoms. The number of carbonyl (C=O) groups excluding carboxylic acids is 1. The Bertz CT molecular complexity index is 1410. The predicted octanol–water partition coefficient (Wildman–Crippen LogP) is 5.09. The molecule has 1 saturated heterocycles. The highest BCUT2D eigenvalue weighted by atomic mass is 35.5. The monoisotopic (exact) mass is 625 g/mol. The van der Waals surface area contributed by atoms with Crippen LogP contribution in [0.3, 0.4) is 0 Å². The highest BCUT2D eigenvalue weighted by molar-refractivity contribution is 7.89. The maximum Gasteiger partial charge on any atom is 0.253 e. The number of rotatable bonds is 8. The van der Waals surface area contributed by atoms with Crippen LogP contribution in [0.2, 0.25) is 5.02 Å². The van der Waals surface area contributed by atoms with Gasteiger partial charge in [-0.2, -0.15) is 0 Å². The summed E-state index contributed by atoms with van der Waals surface area (Å²) in [6.07, 6.45) is 6.63. The van der Waals surface area contributed by atoms with Gasteiger partial charge in [-0.15, -0.1) is 0 Å². The lowest BCUT2D eigenvalue weighted by Gasteiger charge is -2.31. The predicted molar refractivity (Wildman–Crippen MR) is 165 cm³/mol. The molecule has 3 N–H and O–H groups in total. The molecule has 0 radical (unpaired) electrons. The Kier molecular flexibility index (Phi) is 9.80. The molecule has 0 unspecified atom stereocenters. The van der Waals surface area contributed by atoms with Gasteiger partial charge in [-0.3, -0.25) is 9.00 Å². The van der Waals surface area contributed by atoms with E-state index in [1.54, 1.807) is 39.8 Å². The number of nitrogens with zero attached hydrogens (tertiary/aromatic N) is 1. The zero-order valence-corrected chi connectivity index (χ0v) is 27.2. The Morgan fingerprint density at radius 1 is 1.15 bits per heavy atom. The number of sulfonamides is 1. The molecule has 1 amide bonds. The van der Waals surface area contributed by atoms with Crippen LogP contribution in [0.25, 0.3) is 11.3 Å². The molecule has 0 spiro atoms. The van der Waals surface area contributed by atoms with Crippen molar-refractivity contribution in [3.05, 3.63) is 40.0 Å². The van der Waals surface area contributed by atoms with Gasteiger partial charge in [0.2, 0.25) is 10.0 Å². The normalized spacial score (nSPS) is 22.6. The summed E-state index contributed by atoms with van der Waals surface area (Å²) in [6.45, 7) is 9.83. The number of amides is 1. The van der Waals surface area contributed by atoms with E-state index in [9.17, 15) is 22.5 Å². The third-order valence-corrected chi connectivity index (χ3v) is 12.0. The van der Waals surface area contributed by atoms with Gasteiger partial charge in [-0.05, 0) is 83.9 Å². The lowest BCUT2D eigenvalue weighted by Crippen LogP contribution is -2.47. The average molecular weight is 626 g/mol. The van der Waals surface area contributed by atoms with Crippen molar-refractivity contribution in [2.24, 2.45) is 5.92 Å². The standard InChI is InChI=1S/C30H44ClN3O5S2/c1-20-26(41(38,39)33-29(3,4)5)12-11-23(27(20)31)25-17-24(21(2)34(25)18-22-9-7-6-8-10-22)28(35)32-19-30(36)13-15-40(37)16-14-30/h11-12,17,22,33,36H,6-10,13-16,18-19H2,1-5H3,(H,32,35). The van der Waals surface area contributed by atoms with Gasteiger partial charge in [0.15, 0.2) is 0 Å². The molecule has 1 aromatic carbocycles. The van der Waals surface area contributed by atoms with Crippen molar-refractivity contribution in [3.8, 4) is 11.3 Å². The highest BCUT2D eigenvalue weighted by Crippen LogP contribution is 2.38. The van der Waals surface area contributed by atoms with Crippen molar-refractivity contribution >= 4 is 38.3 Å². The SMILES string of the molecule is Cc1c(S(=O)(=O)NC(C)(C)C)ccc(-c2cc(C(=O)NCC3(O)CCS(=O)CC3)c(C)n2CC2CCCCC2)c1Cl. The molecule has 2 heterocycles. The third kappa shape index (κ3) is 7.63. The fourth-order valence-corrected chi connectivity index (χ4v) is 9.33. The lowest BCUT2D eigenvalue weighted by molar-refractivity contribution is 0.0303. The topological polar surface area (TPSA) is 118 Å². The van der Waals surface area contributed by atoms with E-state index in [1.807, 2.05) is 13.0 Å². The van der Waals surface area contributed by atoms with Gasteiger partial charge >= 0.3 is 0 Å². The summed E-state index contributed by atoms with van der Waals surface area (Å²) in [6, 6.07) is 5.14. The van der Waals surface area contributed by atoms with E-state index >= 15 is 0 Å². The number of aliphatic hydroxyl groups is 1. The second-order valence-electron chi connectivity index (χ2n) is 12.8. The lowest BCUT2D eigenvalue weighted by atomic mass is 9.89. The third-order valence-electron chi connectivity index (χ3n) is 8.29. The Labute approximate surface area is 252 Å². The quantitative estimate of drug-likeness (QED) is 0.378. The van der Waals surface area contributed by atoms with E-state index in [1.165, 1.54) is 19.3 Å². The Morgan fingerprint density at radius 3 is 2.39 bits per heavy atom. The Hall–Kier alpha value is -1.72. The second-order valence-corrected chi connectivity index (χ2v) is 16.5. The number of aromatic nitrogens is 1. The molecule has 228 valence electrons. The molecule has 2 aromatic rings. The van der Waals surface area contributed by atoms with Crippen LogP contribution in [0, 0.1) is 19.8 Å². The zero-order valence-electron chi connectivity index (χ0n) is 24.8. The van der Waals surface area contributed by atoms with Crippen molar-refractivity contribution in [1.29, 1.82) is 0 Å². The summed E-state index contributed by atoms with van der Waals surface area (Å²) in [5.74, 6) is 1.06. The second kappa shape index (κ2) is 12.5. The smallest absolute Gasteiger partial charge is 0.253 e. The van der Waals surface area contributed by atoms with E-state index in [0.29, 0.717) is 52.0 Å². The number of carbonyl (C=O) groups is 1. The van der Waals surface area contributed by atoms with Crippen molar-refractivity contribution in [3.63, 3.8) is 0 Å². The number of nitrogens with one attached hydrogen (secondary N) is 2. The molecule has 2 fully saturated rings. The van der Waals surface area contributed by atoms with Gasteiger partial charge < -0.3 is 15.0 Å². The van der Waals surface area contributed by atoms with E-state index in [0.717, 1.165) is 30.8 Å². The molecule has 4 rings (SSSR count). The van der Waals surface area contributed by atoms with Crippen molar-refractivity contribution < 1.29 is 22.5 Å². The summed E-state index contributed by atoms with van der Waals surface area (Å²) >= 11 is 6.89. The Balaban J connectivity index is 1.70. The van der Waals surface area contributed by atoms with Crippen LogP contribution in [-0.4, -0.2) is 57.4 Å². The van der Waals surface area contributed by atoms with Crippen LogP contribution >= 0.6 is 11.6 Å².